The van der Waals surface area contributed by atoms with Crippen molar-refractivity contribution < 1.29 is 14.3 Å². The number of hydrogen-bond acceptors (Lipinski definition) is 4. The van der Waals surface area contributed by atoms with Gasteiger partial charge in [0.15, 0.2) is 6.61 Å². The van der Waals surface area contributed by atoms with Crippen molar-refractivity contribution in [3.05, 3.63) is 34.2 Å². The summed E-state index contributed by atoms with van der Waals surface area (Å²) in [5.41, 5.74) is 1.21. The van der Waals surface area contributed by atoms with Crippen LogP contribution in [0.4, 0.5) is 11.4 Å². The zero-order chi connectivity index (χ0) is 15.7. The predicted molar refractivity (Wildman–Crippen MR) is 88.9 cm³/mol. The molecule has 114 valence electrons. The van der Waals surface area contributed by atoms with E-state index in [0.29, 0.717) is 17.1 Å². The number of carbonyl (C=O) groups is 2. The van der Waals surface area contributed by atoms with E-state index < -0.39 is 6.04 Å². The summed E-state index contributed by atoms with van der Waals surface area (Å²) in [6.45, 7) is 1.75. The predicted octanol–water partition coefficient (Wildman–Crippen LogP) is 2.02. The lowest BCUT2D eigenvalue weighted by Crippen LogP contribution is -2.26. The van der Waals surface area contributed by atoms with Crippen LogP contribution in [0.5, 0.6) is 5.75 Å². The lowest BCUT2D eigenvalue weighted by atomic mass is 10.2. The number of hydrogen-bond donors (Lipinski definition) is 2. The molecule has 0 spiro atoms. The average Bonchev–Trinajstić information content (AvgIpc) is 2.93. The normalized spacial score (nSPS) is 14.5. The summed E-state index contributed by atoms with van der Waals surface area (Å²) in [4.78, 5) is 23.5. The van der Waals surface area contributed by atoms with Crippen molar-refractivity contribution in [2.24, 2.45) is 0 Å². The molecule has 0 fully saturated rings. The Morgan fingerprint density at radius 2 is 2.36 bits per heavy atom. The fraction of sp³-hybridized carbons (Fsp3) is 0.214. The van der Waals surface area contributed by atoms with E-state index in [4.69, 9.17) is 4.74 Å². The molecule has 0 radical (unpaired) electrons. The Labute approximate surface area is 140 Å². The van der Waals surface area contributed by atoms with Crippen LogP contribution in [0, 0.1) is 3.57 Å². The zero-order valence-electron chi connectivity index (χ0n) is 11.7. The van der Waals surface area contributed by atoms with Crippen LogP contribution < -0.4 is 15.4 Å². The summed E-state index contributed by atoms with van der Waals surface area (Å²) in [6, 6.07) is 4.67. The van der Waals surface area contributed by atoms with Gasteiger partial charge in [-0.1, -0.05) is 0 Å². The first-order valence-electron chi connectivity index (χ1n) is 6.60. The van der Waals surface area contributed by atoms with E-state index in [-0.39, 0.29) is 18.4 Å². The quantitative estimate of drug-likeness (QED) is 0.756. The van der Waals surface area contributed by atoms with Crippen LogP contribution in [-0.4, -0.2) is 28.2 Å². The SMILES string of the molecule is CC(C(=O)Nc1ccc2c(c1)OCC(=O)N2)n1cc(I)cn1. The lowest BCUT2D eigenvalue weighted by molar-refractivity contribution is -0.119. The Hall–Kier alpha value is -2.10. The van der Waals surface area contributed by atoms with Crippen LogP contribution in [0.1, 0.15) is 13.0 Å². The molecule has 22 heavy (non-hydrogen) atoms. The molecule has 1 aliphatic rings. The van der Waals surface area contributed by atoms with Crippen molar-refractivity contribution in [1.82, 2.24) is 9.78 Å². The Kier molecular flexibility index (Phi) is 4.01. The van der Waals surface area contributed by atoms with Gasteiger partial charge in [0, 0.05) is 18.0 Å². The summed E-state index contributed by atoms with van der Waals surface area (Å²) in [5.74, 6) is 0.171. The van der Waals surface area contributed by atoms with Gasteiger partial charge in [-0.25, -0.2) is 0 Å². The molecule has 0 aliphatic carbocycles. The number of aromatic nitrogens is 2. The summed E-state index contributed by atoms with van der Waals surface area (Å²) in [6.07, 6.45) is 3.50. The molecule has 7 nitrogen and oxygen atoms in total. The molecule has 2 N–H and O–H groups in total. The van der Waals surface area contributed by atoms with Gasteiger partial charge in [-0.3, -0.25) is 14.3 Å². The third-order valence-electron chi connectivity index (χ3n) is 3.23. The van der Waals surface area contributed by atoms with E-state index in [0.717, 1.165) is 3.57 Å². The molecule has 1 aromatic carbocycles. The number of nitrogens with zero attached hydrogens (tertiary/aromatic N) is 2. The molecule has 2 amide bonds. The fourth-order valence-electron chi connectivity index (χ4n) is 2.05. The van der Waals surface area contributed by atoms with E-state index in [1.165, 1.54) is 0 Å². The van der Waals surface area contributed by atoms with Crippen LogP contribution in [-0.2, 0) is 9.59 Å². The van der Waals surface area contributed by atoms with Gasteiger partial charge in [0.1, 0.15) is 11.8 Å². The highest BCUT2D eigenvalue weighted by atomic mass is 127. The minimum absolute atomic E-state index is 0.0213. The Bertz CT molecular complexity index is 743. The minimum Gasteiger partial charge on any atom is -0.482 e. The number of rotatable bonds is 3. The van der Waals surface area contributed by atoms with Crippen LogP contribution in [0.15, 0.2) is 30.6 Å². The van der Waals surface area contributed by atoms with E-state index in [2.05, 4.69) is 38.3 Å². The molecule has 1 unspecified atom stereocenters. The van der Waals surface area contributed by atoms with Gasteiger partial charge in [0.2, 0.25) is 5.91 Å². The van der Waals surface area contributed by atoms with Gasteiger partial charge in [0.25, 0.3) is 5.91 Å². The van der Waals surface area contributed by atoms with Crippen molar-refractivity contribution in [2.75, 3.05) is 17.2 Å². The van der Waals surface area contributed by atoms with Gasteiger partial charge in [-0.15, -0.1) is 0 Å². The van der Waals surface area contributed by atoms with Crippen molar-refractivity contribution in [2.45, 2.75) is 13.0 Å². The van der Waals surface area contributed by atoms with Crippen LogP contribution >= 0.6 is 22.6 Å². The molecular formula is C14H13IN4O3. The molecule has 2 aromatic rings. The van der Waals surface area contributed by atoms with E-state index in [1.807, 2.05) is 0 Å². The largest absolute Gasteiger partial charge is 0.482 e. The van der Waals surface area contributed by atoms with E-state index >= 15 is 0 Å². The number of halogens is 1. The first-order chi connectivity index (χ1) is 10.5. The molecule has 0 saturated carbocycles. The second kappa shape index (κ2) is 5.95. The topological polar surface area (TPSA) is 85.2 Å². The van der Waals surface area contributed by atoms with Gasteiger partial charge < -0.3 is 15.4 Å². The van der Waals surface area contributed by atoms with Gasteiger partial charge >= 0.3 is 0 Å². The number of nitrogens with one attached hydrogen (secondary N) is 2. The molecule has 0 bridgehead atoms. The van der Waals surface area contributed by atoms with Crippen LogP contribution in [0.3, 0.4) is 0 Å². The van der Waals surface area contributed by atoms with Crippen LogP contribution in [0.2, 0.25) is 0 Å². The summed E-state index contributed by atoms with van der Waals surface area (Å²) in [5, 5.41) is 9.65. The summed E-state index contributed by atoms with van der Waals surface area (Å²) in [7, 11) is 0. The first-order valence-corrected chi connectivity index (χ1v) is 7.68. The Morgan fingerprint density at radius 1 is 1.55 bits per heavy atom. The lowest BCUT2D eigenvalue weighted by Gasteiger charge is -2.19. The average molecular weight is 412 g/mol. The maximum atomic E-state index is 12.3. The van der Waals surface area contributed by atoms with Crippen molar-refractivity contribution in [3.8, 4) is 5.75 Å². The van der Waals surface area contributed by atoms with Crippen molar-refractivity contribution in [1.29, 1.82) is 0 Å². The Morgan fingerprint density at radius 3 is 3.09 bits per heavy atom. The fourth-order valence-corrected chi connectivity index (χ4v) is 2.46. The molecular weight excluding hydrogens is 399 g/mol. The highest BCUT2D eigenvalue weighted by Crippen LogP contribution is 2.30. The smallest absolute Gasteiger partial charge is 0.262 e. The first kappa shape index (κ1) is 14.8. The number of amides is 2. The minimum atomic E-state index is -0.430. The molecule has 1 aromatic heterocycles. The second-order valence-corrected chi connectivity index (χ2v) is 6.10. The third-order valence-corrected chi connectivity index (χ3v) is 3.79. The maximum absolute atomic E-state index is 12.3. The number of carbonyl (C=O) groups excluding carboxylic acids is 2. The highest BCUT2D eigenvalue weighted by molar-refractivity contribution is 14.1. The molecule has 8 heteroatoms. The Balaban J connectivity index is 1.73. The van der Waals surface area contributed by atoms with Crippen molar-refractivity contribution in [3.63, 3.8) is 0 Å². The summed E-state index contributed by atoms with van der Waals surface area (Å²) >= 11 is 2.14. The standard InChI is InChI=1S/C14H13IN4O3/c1-8(19-6-9(15)5-16-19)14(21)17-10-2-3-11-12(4-10)22-7-13(20)18-11/h2-6,8H,7H2,1H3,(H,17,21)(H,18,20). The van der Waals surface area contributed by atoms with Gasteiger partial charge in [-0.05, 0) is 41.6 Å². The molecule has 2 heterocycles. The number of ether oxygens (including phenoxy) is 1. The second-order valence-electron chi connectivity index (χ2n) is 4.85. The molecule has 1 atom stereocenters. The van der Waals surface area contributed by atoms with E-state index in [1.54, 1.807) is 42.2 Å². The van der Waals surface area contributed by atoms with E-state index in [9.17, 15) is 9.59 Å². The monoisotopic (exact) mass is 412 g/mol. The number of benzene rings is 1. The third kappa shape index (κ3) is 3.06. The highest BCUT2D eigenvalue weighted by Gasteiger charge is 2.19. The van der Waals surface area contributed by atoms with Crippen molar-refractivity contribution >= 4 is 45.8 Å². The number of fused-ring (bicyclic) bond motifs is 1. The zero-order valence-corrected chi connectivity index (χ0v) is 13.8. The maximum Gasteiger partial charge on any atom is 0.262 e. The van der Waals surface area contributed by atoms with Crippen LogP contribution in [0.25, 0.3) is 0 Å². The number of anilines is 2. The molecule has 1 aliphatic heterocycles. The molecule has 0 saturated heterocycles. The van der Waals surface area contributed by atoms with Gasteiger partial charge in [-0.2, -0.15) is 5.10 Å². The summed E-state index contributed by atoms with van der Waals surface area (Å²) < 4.78 is 7.90. The van der Waals surface area contributed by atoms with Gasteiger partial charge in [0.05, 0.1) is 15.5 Å². The molecule has 3 rings (SSSR count).